The molecule has 1 aliphatic carbocycles. The van der Waals surface area contributed by atoms with Crippen molar-refractivity contribution in [1.29, 1.82) is 0 Å². The van der Waals surface area contributed by atoms with Crippen LogP contribution in [0.4, 0.5) is 0 Å². The van der Waals surface area contributed by atoms with E-state index in [0.717, 1.165) is 11.1 Å². The molecule has 0 radical (unpaired) electrons. The molecule has 0 bridgehead atoms. The first-order chi connectivity index (χ1) is 31.8. The highest BCUT2D eigenvalue weighted by Crippen LogP contribution is 2.61. The first-order valence-corrected chi connectivity index (χ1v) is 28.2. The van der Waals surface area contributed by atoms with Gasteiger partial charge in [0.05, 0.1) is 11.1 Å². The first kappa shape index (κ1) is 49.4. The lowest BCUT2D eigenvalue weighted by Gasteiger charge is -2.30. The molecule has 4 nitrogen and oxygen atoms in total. The third kappa shape index (κ3) is 12.5. The molecule has 0 saturated carbocycles. The Hall–Kier alpha value is -3.48. The number of rotatable bonds is 31. The minimum Gasteiger partial charge on any atom is -0.448 e. The van der Waals surface area contributed by atoms with Crippen molar-refractivity contribution in [3.05, 3.63) is 91.4 Å². The number of unbranched alkanes of at least 4 members (excludes halogenated alkanes) is 26. The highest BCUT2D eigenvalue weighted by atomic mass is 32.1. The van der Waals surface area contributed by atoms with Gasteiger partial charge in [0.25, 0.3) is 0 Å². The summed E-state index contributed by atoms with van der Waals surface area (Å²) >= 11 is 4.01. The van der Waals surface area contributed by atoms with Crippen LogP contribution in [0, 0.1) is 13.8 Å². The lowest BCUT2D eigenvalue weighted by molar-refractivity contribution is 0.0960. The summed E-state index contributed by atoms with van der Waals surface area (Å²) in [6.07, 6.45) is 41.2. The van der Waals surface area contributed by atoms with Crippen LogP contribution in [0.5, 0.6) is 11.5 Å². The fourth-order valence-electron chi connectivity index (χ4n) is 10.8. The Morgan fingerprint density at radius 3 is 1.31 bits per heavy atom. The summed E-state index contributed by atoms with van der Waals surface area (Å²) in [5.74, 6) is 0.348. The van der Waals surface area contributed by atoms with Gasteiger partial charge in [0.15, 0.2) is 0 Å². The predicted octanol–water partition coefficient (Wildman–Crippen LogP) is 19.2. The summed E-state index contributed by atoms with van der Waals surface area (Å²) in [4.78, 5) is 32.8. The Kier molecular flexibility index (Phi) is 19.0. The zero-order valence-corrected chi connectivity index (χ0v) is 42.4. The summed E-state index contributed by atoms with van der Waals surface area (Å²) in [5.41, 5.74) is 5.92. The number of hydrogen-bond donors (Lipinski definition) is 0. The Morgan fingerprint density at radius 1 is 0.431 bits per heavy atom. The number of carbonyl (C=O) groups excluding carboxylic acids is 2. The molecule has 352 valence electrons. The van der Waals surface area contributed by atoms with E-state index in [1.165, 1.54) is 214 Å². The van der Waals surface area contributed by atoms with Gasteiger partial charge in [0, 0.05) is 24.9 Å². The number of fused-ring (bicyclic) bond motifs is 5. The highest BCUT2D eigenvalue weighted by Gasteiger charge is 2.46. The van der Waals surface area contributed by atoms with Gasteiger partial charge in [-0.25, -0.2) is 0 Å². The monoisotopic (exact) mass is 917 g/mol. The number of benzene rings is 2. The molecule has 0 amide bonds. The van der Waals surface area contributed by atoms with E-state index >= 15 is 0 Å². The number of thiophene rings is 2. The second kappa shape index (κ2) is 25.0. The number of aryl methyl sites for hydroxylation is 2. The predicted molar refractivity (Wildman–Crippen MR) is 277 cm³/mol. The van der Waals surface area contributed by atoms with E-state index < -0.39 is 0 Å². The van der Waals surface area contributed by atoms with Crippen LogP contribution in [0.15, 0.2) is 60.0 Å². The zero-order chi connectivity index (χ0) is 45.4. The largest absolute Gasteiger partial charge is 0.448 e. The number of allylic oxidation sites excluding steroid dienone is 2. The molecular weight excluding hydrogens is 837 g/mol. The molecule has 3 aliphatic rings. The van der Waals surface area contributed by atoms with Gasteiger partial charge in [-0.15, -0.1) is 22.7 Å². The lowest BCUT2D eigenvalue weighted by atomic mass is 9.77. The Balaban J connectivity index is 0.993. The minimum absolute atomic E-state index is 0.0107. The van der Waals surface area contributed by atoms with Crippen LogP contribution in [-0.4, -0.2) is 11.6 Å². The molecule has 4 aromatic rings. The molecule has 2 aromatic carbocycles. The van der Waals surface area contributed by atoms with E-state index in [4.69, 9.17) is 9.47 Å². The molecule has 7 rings (SSSR count). The summed E-state index contributed by atoms with van der Waals surface area (Å²) < 4.78 is 12.2. The summed E-state index contributed by atoms with van der Waals surface area (Å²) in [6.45, 7) is 8.85. The fourth-order valence-corrected chi connectivity index (χ4v) is 13.6. The molecule has 0 N–H and O–H groups in total. The van der Waals surface area contributed by atoms with Crippen LogP contribution in [0.25, 0.3) is 21.6 Å². The number of carbonyl (C=O) groups is 2. The lowest BCUT2D eigenvalue weighted by Crippen LogP contribution is -2.23. The molecule has 4 heterocycles. The van der Waals surface area contributed by atoms with Gasteiger partial charge in [-0.3, -0.25) is 9.59 Å². The minimum atomic E-state index is -0.304. The van der Waals surface area contributed by atoms with Crippen molar-refractivity contribution in [1.82, 2.24) is 0 Å². The van der Waals surface area contributed by atoms with Crippen LogP contribution in [0.1, 0.15) is 247 Å². The van der Waals surface area contributed by atoms with Crippen LogP contribution in [0.3, 0.4) is 0 Å². The maximum atomic E-state index is 13.7. The van der Waals surface area contributed by atoms with Crippen molar-refractivity contribution < 1.29 is 19.1 Å². The fraction of sp³-hybridized carbons (Fsp3) is 0.593. The molecule has 0 atom stereocenters. The standard InChI is InChI=1S/C59H80O4S2/c1-5-7-9-11-13-15-17-19-21-23-25-27-29-31-37-59(38-32-30-28-26-24-22-20-18-16-14-12-10-8-6-2)57-48(40-44(4)64-57)49-42-52(65-58(49)59)45-34-36-47-51(41-45)63-56(54(47)61)55-53(60)46-35-33-43(3)39-50(46)62-55/h33-36,39-42H,5-32,37-38H2,1-4H3/b56-55+. The second-order valence-electron chi connectivity index (χ2n) is 20.0. The average molecular weight is 917 g/mol. The number of ketones is 2. The number of ether oxygens (including phenoxy) is 2. The van der Waals surface area contributed by atoms with Gasteiger partial charge < -0.3 is 9.47 Å². The third-order valence-electron chi connectivity index (χ3n) is 14.6. The molecule has 0 spiro atoms. The molecule has 0 unspecified atom stereocenters. The van der Waals surface area contributed by atoms with Crippen LogP contribution < -0.4 is 9.47 Å². The van der Waals surface area contributed by atoms with Crippen molar-refractivity contribution in [2.45, 2.75) is 226 Å². The molecule has 65 heavy (non-hydrogen) atoms. The second-order valence-corrected chi connectivity index (χ2v) is 22.3. The average Bonchev–Trinajstić information content (AvgIpc) is 4.11. The van der Waals surface area contributed by atoms with E-state index in [-0.39, 0.29) is 28.5 Å². The van der Waals surface area contributed by atoms with Gasteiger partial charge in [0.2, 0.25) is 23.1 Å². The van der Waals surface area contributed by atoms with Gasteiger partial charge in [-0.1, -0.05) is 206 Å². The van der Waals surface area contributed by atoms with E-state index in [1.807, 2.05) is 53.9 Å². The van der Waals surface area contributed by atoms with Gasteiger partial charge in [-0.2, -0.15) is 0 Å². The van der Waals surface area contributed by atoms with Crippen LogP contribution >= 0.6 is 22.7 Å². The zero-order valence-electron chi connectivity index (χ0n) is 40.8. The molecule has 6 heteroatoms. The van der Waals surface area contributed by atoms with Crippen molar-refractivity contribution in [2.75, 3.05) is 0 Å². The Morgan fingerprint density at radius 2 is 0.831 bits per heavy atom. The van der Waals surface area contributed by atoms with Gasteiger partial charge in [-0.05, 0) is 85.3 Å². The van der Waals surface area contributed by atoms with Crippen LogP contribution in [-0.2, 0) is 5.41 Å². The molecule has 0 saturated heterocycles. The summed E-state index contributed by atoms with van der Waals surface area (Å²) in [7, 11) is 0. The Bertz CT molecular complexity index is 2170. The summed E-state index contributed by atoms with van der Waals surface area (Å²) in [6, 6.07) is 16.3. The summed E-state index contributed by atoms with van der Waals surface area (Å²) in [5, 5.41) is 0. The maximum absolute atomic E-state index is 13.7. The van der Waals surface area contributed by atoms with E-state index in [0.29, 0.717) is 22.6 Å². The molecule has 2 aromatic heterocycles. The van der Waals surface area contributed by atoms with Crippen molar-refractivity contribution in [3.8, 4) is 33.1 Å². The number of hydrogen-bond acceptors (Lipinski definition) is 6. The van der Waals surface area contributed by atoms with E-state index in [9.17, 15) is 9.59 Å². The quantitative estimate of drug-likeness (QED) is 0.0373. The van der Waals surface area contributed by atoms with Crippen molar-refractivity contribution in [3.63, 3.8) is 0 Å². The maximum Gasteiger partial charge on any atom is 0.236 e. The SMILES string of the molecule is CCCCCCCCCCCCCCCCC1(CCCCCCCCCCCCCCCC)c2sc(C)cc2-c2cc(-c3ccc4c(c3)O/C(=C3/Oc5cc(C)ccc5C3=O)C4=O)sc21. The molecule has 2 aliphatic heterocycles. The first-order valence-electron chi connectivity index (χ1n) is 26.5. The molecular formula is C59H80O4S2. The van der Waals surface area contributed by atoms with E-state index in [2.05, 4.69) is 39.0 Å². The van der Waals surface area contributed by atoms with Gasteiger partial charge in [0.1, 0.15) is 11.5 Å². The Labute approximate surface area is 401 Å². The van der Waals surface area contributed by atoms with Gasteiger partial charge >= 0.3 is 0 Å². The van der Waals surface area contributed by atoms with E-state index in [1.54, 1.807) is 15.8 Å². The normalized spacial score (nSPS) is 15.6. The number of Topliss-reactive ketones (excluding diaryl/α,β-unsaturated/α-hetero) is 2. The smallest absolute Gasteiger partial charge is 0.236 e. The van der Waals surface area contributed by atoms with Crippen molar-refractivity contribution >= 4 is 34.2 Å². The van der Waals surface area contributed by atoms with Crippen LogP contribution in [0.2, 0.25) is 0 Å². The molecule has 0 fully saturated rings. The third-order valence-corrected chi connectivity index (χ3v) is 17.2. The highest BCUT2D eigenvalue weighted by molar-refractivity contribution is 7.17. The van der Waals surface area contributed by atoms with Crippen molar-refractivity contribution in [2.24, 2.45) is 0 Å². The topological polar surface area (TPSA) is 52.6 Å².